The number of hydrogen-bond acceptors (Lipinski definition) is 3. The number of nitrogens with one attached hydrogen (secondary N) is 2. The summed E-state index contributed by atoms with van der Waals surface area (Å²) in [5, 5.41) is 4.08. The fraction of sp³-hybridized carbons (Fsp3) is 0.412. The molecular weight excluding hydrogens is 394 g/mol. The smallest absolute Gasteiger partial charge is 0.255 e. The van der Waals surface area contributed by atoms with Gasteiger partial charge in [-0.2, -0.15) is 0 Å². The highest BCUT2D eigenvalue weighted by atomic mass is 79.9. The number of carbonyl (C=O) groups excluding carboxylic acids is 1. The molecular formula is C17H21BrClN3O2. The van der Waals surface area contributed by atoms with Gasteiger partial charge in [-0.25, -0.2) is 0 Å². The van der Waals surface area contributed by atoms with Crippen molar-refractivity contribution in [2.75, 3.05) is 19.6 Å². The zero-order chi connectivity index (χ0) is 16.4. The second-order valence-corrected chi connectivity index (χ2v) is 6.80. The Morgan fingerprint density at radius 1 is 1.38 bits per heavy atom. The third-order valence-electron chi connectivity index (χ3n) is 4.24. The molecule has 1 aromatic heterocycles. The third-order valence-corrected chi connectivity index (χ3v) is 4.73. The van der Waals surface area contributed by atoms with Crippen LogP contribution in [0.2, 0.25) is 0 Å². The molecule has 0 aliphatic carbocycles. The summed E-state index contributed by atoms with van der Waals surface area (Å²) in [7, 11) is 0. The molecule has 1 aliphatic rings. The standard InChI is InChI=1S/C17H20BrN3O2.ClH/c1-2-7-21(12-5-6-19-10-12)17(23)14-9-16(22)20-15-4-3-11(18)8-13(14)15;/h3-4,8-9,12,19H,2,5-7,10H2,1H3,(H,20,22);1H. The Balaban J connectivity index is 0.00000208. The Morgan fingerprint density at radius 2 is 2.17 bits per heavy atom. The van der Waals surface area contributed by atoms with Gasteiger partial charge in [-0.15, -0.1) is 12.4 Å². The van der Waals surface area contributed by atoms with Crippen LogP contribution in [0.1, 0.15) is 30.1 Å². The van der Waals surface area contributed by atoms with Crippen LogP contribution in [0.15, 0.2) is 33.5 Å². The predicted molar refractivity (Wildman–Crippen MR) is 102 cm³/mol. The summed E-state index contributed by atoms with van der Waals surface area (Å²) in [6.45, 7) is 4.51. The first-order valence-electron chi connectivity index (χ1n) is 7.94. The van der Waals surface area contributed by atoms with E-state index < -0.39 is 0 Å². The van der Waals surface area contributed by atoms with Crippen LogP contribution in [-0.4, -0.2) is 41.5 Å². The van der Waals surface area contributed by atoms with Crippen LogP contribution >= 0.6 is 28.3 Å². The molecule has 130 valence electrons. The largest absolute Gasteiger partial charge is 0.334 e. The van der Waals surface area contributed by atoms with Crippen LogP contribution in [0.3, 0.4) is 0 Å². The number of aromatic amines is 1. The molecule has 3 rings (SSSR count). The molecule has 1 fully saturated rings. The monoisotopic (exact) mass is 413 g/mol. The number of amides is 1. The maximum absolute atomic E-state index is 13.1. The van der Waals surface area contributed by atoms with Gasteiger partial charge in [0.2, 0.25) is 5.56 Å². The Morgan fingerprint density at radius 3 is 2.83 bits per heavy atom. The molecule has 7 heteroatoms. The van der Waals surface area contributed by atoms with E-state index in [1.54, 1.807) is 0 Å². The number of aromatic nitrogens is 1. The van der Waals surface area contributed by atoms with Gasteiger partial charge in [0.15, 0.2) is 0 Å². The molecule has 0 radical (unpaired) electrons. The van der Waals surface area contributed by atoms with Gasteiger partial charge >= 0.3 is 0 Å². The fourth-order valence-electron chi connectivity index (χ4n) is 3.15. The van der Waals surface area contributed by atoms with Crippen molar-refractivity contribution in [1.29, 1.82) is 0 Å². The molecule has 1 amide bonds. The summed E-state index contributed by atoms with van der Waals surface area (Å²) in [6, 6.07) is 7.18. The number of rotatable bonds is 4. The van der Waals surface area contributed by atoms with Crippen molar-refractivity contribution in [3.05, 3.63) is 44.7 Å². The molecule has 0 saturated carbocycles. The molecule has 1 atom stereocenters. The average molecular weight is 415 g/mol. The summed E-state index contributed by atoms with van der Waals surface area (Å²) in [5.74, 6) is -0.0604. The third kappa shape index (κ3) is 3.82. The van der Waals surface area contributed by atoms with Crippen LogP contribution < -0.4 is 10.9 Å². The molecule has 1 aliphatic heterocycles. The molecule has 2 N–H and O–H groups in total. The van der Waals surface area contributed by atoms with Crippen molar-refractivity contribution in [2.45, 2.75) is 25.8 Å². The minimum atomic E-state index is -0.246. The van der Waals surface area contributed by atoms with Crippen molar-refractivity contribution < 1.29 is 4.79 Å². The molecule has 0 bridgehead atoms. The van der Waals surface area contributed by atoms with E-state index in [1.807, 2.05) is 23.1 Å². The lowest BCUT2D eigenvalue weighted by Gasteiger charge is -2.28. The van der Waals surface area contributed by atoms with E-state index in [1.165, 1.54) is 6.07 Å². The van der Waals surface area contributed by atoms with Gasteiger partial charge in [-0.3, -0.25) is 9.59 Å². The molecule has 2 heterocycles. The Bertz CT molecular complexity index is 787. The average Bonchev–Trinajstić information content (AvgIpc) is 3.05. The van der Waals surface area contributed by atoms with Crippen molar-refractivity contribution in [1.82, 2.24) is 15.2 Å². The first-order valence-corrected chi connectivity index (χ1v) is 8.73. The summed E-state index contributed by atoms with van der Waals surface area (Å²) in [5.41, 5.74) is 0.916. The quantitative estimate of drug-likeness (QED) is 0.808. The van der Waals surface area contributed by atoms with Gasteiger partial charge in [0.1, 0.15) is 0 Å². The van der Waals surface area contributed by atoms with Gasteiger partial charge in [-0.05, 0) is 37.6 Å². The van der Waals surface area contributed by atoms with E-state index in [-0.39, 0.29) is 29.9 Å². The first-order chi connectivity index (χ1) is 11.1. The summed E-state index contributed by atoms with van der Waals surface area (Å²) < 4.78 is 0.885. The van der Waals surface area contributed by atoms with E-state index in [2.05, 4.69) is 33.2 Å². The second-order valence-electron chi connectivity index (χ2n) is 5.88. The zero-order valence-corrected chi connectivity index (χ0v) is 15.9. The summed E-state index contributed by atoms with van der Waals surface area (Å²) in [6.07, 6.45) is 1.85. The molecule has 1 aromatic carbocycles. The van der Waals surface area contributed by atoms with Gasteiger partial charge in [0.25, 0.3) is 5.91 Å². The molecule has 0 spiro atoms. The highest BCUT2D eigenvalue weighted by Crippen LogP contribution is 2.23. The molecule has 1 saturated heterocycles. The Hall–Kier alpha value is -1.37. The van der Waals surface area contributed by atoms with Crippen LogP contribution in [0.25, 0.3) is 10.9 Å². The Kier molecular flexibility index (Phi) is 6.43. The summed E-state index contributed by atoms with van der Waals surface area (Å²) >= 11 is 3.44. The number of carbonyl (C=O) groups is 1. The zero-order valence-electron chi connectivity index (χ0n) is 13.5. The van der Waals surface area contributed by atoms with Crippen molar-refractivity contribution in [2.24, 2.45) is 0 Å². The van der Waals surface area contributed by atoms with Gasteiger partial charge in [0, 0.05) is 40.6 Å². The molecule has 24 heavy (non-hydrogen) atoms. The maximum Gasteiger partial charge on any atom is 0.255 e. The minimum Gasteiger partial charge on any atom is -0.334 e. The van der Waals surface area contributed by atoms with Crippen molar-refractivity contribution in [3.63, 3.8) is 0 Å². The lowest BCUT2D eigenvalue weighted by atomic mass is 10.1. The number of benzene rings is 1. The van der Waals surface area contributed by atoms with E-state index in [0.29, 0.717) is 17.6 Å². The van der Waals surface area contributed by atoms with E-state index in [9.17, 15) is 9.59 Å². The maximum atomic E-state index is 13.1. The first kappa shape index (κ1) is 19.0. The molecule has 2 aromatic rings. The van der Waals surface area contributed by atoms with Gasteiger partial charge in [0.05, 0.1) is 5.56 Å². The van der Waals surface area contributed by atoms with E-state index >= 15 is 0 Å². The van der Waals surface area contributed by atoms with Crippen LogP contribution in [0.4, 0.5) is 0 Å². The van der Waals surface area contributed by atoms with Crippen molar-refractivity contribution >= 4 is 45.1 Å². The number of hydrogen-bond donors (Lipinski definition) is 2. The van der Waals surface area contributed by atoms with Crippen LogP contribution in [0, 0.1) is 0 Å². The topological polar surface area (TPSA) is 65.2 Å². The van der Waals surface area contributed by atoms with Crippen LogP contribution in [0.5, 0.6) is 0 Å². The molecule has 5 nitrogen and oxygen atoms in total. The SMILES string of the molecule is CCCN(C(=O)c1cc(=O)[nH]c2ccc(Br)cc12)C1CCNC1.Cl. The van der Waals surface area contributed by atoms with Gasteiger partial charge in [-0.1, -0.05) is 22.9 Å². The molecule has 1 unspecified atom stereocenters. The highest BCUT2D eigenvalue weighted by Gasteiger charge is 2.27. The number of H-pyrrole nitrogens is 1. The second kappa shape index (κ2) is 8.14. The predicted octanol–water partition coefficient (Wildman–Crippen LogP) is 2.93. The Labute approximate surface area is 155 Å². The summed E-state index contributed by atoms with van der Waals surface area (Å²) in [4.78, 5) is 29.8. The van der Waals surface area contributed by atoms with E-state index in [0.717, 1.165) is 35.8 Å². The van der Waals surface area contributed by atoms with Crippen molar-refractivity contribution in [3.8, 4) is 0 Å². The number of nitrogens with zero attached hydrogens (tertiary/aromatic N) is 1. The lowest BCUT2D eigenvalue weighted by Crippen LogP contribution is -2.42. The lowest BCUT2D eigenvalue weighted by molar-refractivity contribution is 0.0694. The number of halogens is 2. The normalized spacial score (nSPS) is 16.8. The highest BCUT2D eigenvalue weighted by molar-refractivity contribution is 9.10. The number of fused-ring (bicyclic) bond motifs is 1. The minimum absolute atomic E-state index is 0. The number of pyridine rings is 1. The van der Waals surface area contributed by atoms with E-state index in [4.69, 9.17) is 0 Å². The fourth-order valence-corrected chi connectivity index (χ4v) is 3.51. The van der Waals surface area contributed by atoms with Gasteiger partial charge < -0.3 is 15.2 Å². The van der Waals surface area contributed by atoms with Crippen LogP contribution in [-0.2, 0) is 0 Å².